The lowest BCUT2D eigenvalue weighted by molar-refractivity contribution is -0.157. The summed E-state index contributed by atoms with van der Waals surface area (Å²) in [5.74, 6) is -1.54. The maximum atomic E-state index is 14.9. The lowest BCUT2D eigenvalue weighted by Crippen LogP contribution is -2.46. The molecule has 0 bridgehead atoms. The van der Waals surface area contributed by atoms with Crippen molar-refractivity contribution in [1.82, 2.24) is 15.5 Å². The molecule has 0 aliphatic carbocycles. The van der Waals surface area contributed by atoms with Crippen molar-refractivity contribution in [2.45, 2.75) is 78.0 Å². The zero-order chi connectivity index (χ0) is 29.0. The van der Waals surface area contributed by atoms with Crippen molar-refractivity contribution < 1.29 is 18.7 Å². The molecule has 0 unspecified atom stereocenters. The second-order valence-corrected chi connectivity index (χ2v) is 12.9. The highest BCUT2D eigenvalue weighted by Crippen LogP contribution is 2.38. The first kappa shape index (κ1) is 31.1. The van der Waals surface area contributed by atoms with Crippen LogP contribution in [0.25, 0.3) is 0 Å². The molecule has 1 fully saturated rings. The van der Waals surface area contributed by atoms with Crippen LogP contribution in [0, 0.1) is 18.7 Å². The van der Waals surface area contributed by atoms with Crippen molar-refractivity contribution >= 4 is 23.5 Å². The van der Waals surface area contributed by atoms with Gasteiger partial charge < -0.3 is 15.4 Å². The Morgan fingerprint density at radius 2 is 1.72 bits per heavy atom. The monoisotopic (exact) mass is 559 g/mol. The number of carbonyl (C=O) groups excluding carboxylic acids is 2. The molecule has 1 amide bonds. The summed E-state index contributed by atoms with van der Waals surface area (Å²) in [5.41, 5.74) is 1.92. The van der Waals surface area contributed by atoms with E-state index >= 15 is 0 Å². The van der Waals surface area contributed by atoms with Crippen molar-refractivity contribution in [2.75, 3.05) is 26.2 Å². The van der Waals surface area contributed by atoms with Gasteiger partial charge in [0.1, 0.15) is 17.5 Å². The highest BCUT2D eigenvalue weighted by molar-refractivity contribution is 6.30. The van der Waals surface area contributed by atoms with Crippen LogP contribution in [0.4, 0.5) is 4.39 Å². The number of ether oxygens (including phenoxy) is 1. The predicted molar refractivity (Wildman–Crippen MR) is 154 cm³/mol. The minimum Gasteiger partial charge on any atom is -0.459 e. The smallest absolute Gasteiger partial charge is 0.323 e. The van der Waals surface area contributed by atoms with Gasteiger partial charge in [-0.15, -0.1) is 0 Å². The summed E-state index contributed by atoms with van der Waals surface area (Å²) >= 11 is 5.98. The van der Waals surface area contributed by atoms with Crippen LogP contribution in [0.15, 0.2) is 42.5 Å². The lowest BCUT2D eigenvalue weighted by atomic mass is 9.88. The van der Waals surface area contributed by atoms with Crippen LogP contribution in [0.5, 0.6) is 0 Å². The molecule has 1 aliphatic heterocycles. The minimum atomic E-state index is -0.605. The van der Waals surface area contributed by atoms with E-state index < -0.39 is 17.6 Å². The number of carbonyl (C=O) groups is 2. The van der Waals surface area contributed by atoms with Crippen molar-refractivity contribution in [1.29, 1.82) is 0 Å². The van der Waals surface area contributed by atoms with E-state index in [1.165, 1.54) is 6.07 Å². The minimum absolute atomic E-state index is 0.129. The maximum absolute atomic E-state index is 14.9. The van der Waals surface area contributed by atoms with E-state index in [9.17, 15) is 14.0 Å². The first-order valence-electron chi connectivity index (χ1n) is 13.6. The summed E-state index contributed by atoms with van der Waals surface area (Å²) < 4.78 is 20.5. The number of aryl methyl sites for hydroxylation is 1. The summed E-state index contributed by atoms with van der Waals surface area (Å²) in [6, 6.07) is 12.2. The number of hydrogen-bond acceptors (Lipinski definition) is 5. The zero-order valence-electron chi connectivity index (χ0n) is 24.2. The molecule has 1 heterocycles. The highest BCUT2D eigenvalue weighted by atomic mass is 35.5. The van der Waals surface area contributed by atoms with Crippen LogP contribution < -0.4 is 10.6 Å². The number of amides is 1. The third kappa shape index (κ3) is 9.02. The molecule has 3 atom stereocenters. The van der Waals surface area contributed by atoms with Crippen LogP contribution in [0.1, 0.15) is 64.2 Å². The van der Waals surface area contributed by atoms with Gasteiger partial charge in [0.25, 0.3) is 0 Å². The SMILES string of the molecule is Cc1ccc(C[C@H](NCCNC(=O)[C@@H]2CN(C(C)(C)C)C[C@H]2c2ccc(Cl)cc2F)C(=O)OC(C)(C)C)cc1. The second kappa shape index (κ2) is 12.8. The van der Waals surface area contributed by atoms with Crippen molar-refractivity contribution in [2.24, 2.45) is 5.92 Å². The fraction of sp³-hybridized carbons (Fsp3) is 0.548. The molecular weight excluding hydrogens is 517 g/mol. The second-order valence-electron chi connectivity index (χ2n) is 12.5. The van der Waals surface area contributed by atoms with Crippen molar-refractivity contribution in [3.63, 3.8) is 0 Å². The summed E-state index contributed by atoms with van der Waals surface area (Å²) in [6.45, 7) is 15.7. The molecule has 2 N–H and O–H groups in total. The number of hydrogen-bond donors (Lipinski definition) is 2. The van der Waals surface area contributed by atoms with Gasteiger partial charge in [-0.1, -0.05) is 47.5 Å². The Morgan fingerprint density at radius 1 is 1.05 bits per heavy atom. The first-order chi connectivity index (χ1) is 18.1. The Labute approximate surface area is 237 Å². The van der Waals surface area contributed by atoms with Gasteiger partial charge in [0.15, 0.2) is 0 Å². The Morgan fingerprint density at radius 3 is 2.31 bits per heavy atom. The molecule has 1 aliphatic rings. The Kier molecular flexibility index (Phi) is 10.2. The summed E-state index contributed by atoms with van der Waals surface area (Å²) in [5, 5.41) is 6.61. The van der Waals surface area contributed by atoms with Gasteiger partial charge >= 0.3 is 5.97 Å². The van der Waals surface area contributed by atoms with Gasteiger partial charge in [0.2, 0.25) is 5.91 Å². The molecule has 2 aromatic rings. The number of nitrogens with zero attached hydrogens (tertiary/aromatic N) is 1. The molecule has 0 spiro atoms. The molecule has 0 saturated carbocycles. The van der Waals surface area contributed by atoms with E-state index in [1.807, 2.05) is 52.0 Å². The molecule has 0 radical (unpaired) electrons. The predicted octanol–water partition coefficient (Wildman–Crippen LogP) is 5.26. The Hall–Kier alpha value is -2.48. The third-order valence-electron chi connectivity index (χ3n) is 7.03. The molecule has 8 heteroatoms. The topological polar surface area (TPSA) is 70.7 Å². The van der Waals surface area contributed by atoms with E-state index in [0.29, 0.717) is 43.2 Å². The van der Waals surface area contributed by atoms with E-state index in [2.05, 4.69) is 36.3 Å². The van der Waals surface area contributed by atoms with Crippen LogP contribution in [0.2, 0.25) is 5.02 Å². The Bertz CT molecular complexity index is 1140. The normalized spacial score (nSPS) is 19.1. The maximum Gasteiger partial charge on any atom is 0.323 e. The lowest BCUT2D eigenvalue weighted by Gasteiger charge is -2.31. The van der Waals surface area contributed by atoms with E-state index in [1.54, 1.807) is 12.1 Å². The number of likely N-dealkylation sites (tertiary alicyclic amines) is 1. The van der Waals surface area contributed by atoms with Crippen molar-refractivity contribution in [3.8, 4) is 0 Å². The van der Waals surface area contributed by atoms with Gasteiger partial charge in [-0.25, -0.2) is 4.39 Å². The fourth-order valence-electron chi connectivity index (χ4n) is 4.87. The summed E-state index contributed by atoms with van der Waals surface area (Å²) in [4.78, 5) is 28.5. The van der Waals surface area contributed by atoms with Crippen LogP contribution in [-0.4, -0.2) is 60.1 Å². The van der Waals surface area contributed by atoms with E-state index in [0.717, 1.165) is 11.1 Å². The van der Waals surface area contributed by atoms with Crippen LogP contribution in [-0.2, 0) is 20.7 Å². The number of benzene rings is 2. The van der Waals surface area contributed by atoms with Gasteiger partial charge in [0.05, 0.1) is 5.92 Å². The Balaban J connectivity index is 1.65. The van der Waals surface area contributed by atoms with Gasteiger partial charge in [-0.05, 0) is 78.1 Å². The molecular formula is C31H43ClFN3O3. The highest BCUT2D eigenvalue weighted by Gasteiger charge is 2.42. The summed E-state index contributed by atoms with van der Waals surface area (Å²) in [7, 11) is 0. The largest absolute Gasteiger partial charge is 0.459 e. The molecule has 3 rings (SSSR count). The van der Waals surface area contributed by atoms with Gasteiger partial charge in [0, 0.05) is 42.7 Å². The van der Waals surface area contributed by atoms with E-state index in [4.69, 9.17) is 16.3 Å². The summed E-state index contributed by atoms with van der Waals surface area (Å²) in [6.07, 6.45) is 0.476. The average Bonchev–Trinajstić information content (AvgIpc) is 3.27. The third-order valence-corrected chi connectivity index (χ3v) is 7.27. The molecule has 2 aromatic carbocycles. The number of halogens is 2. The number of nitrogens with one attached hydrogen (secondary N) is 2. The zero-order valence-corrected chi connectivity index (χ0v) is 25.0. The molecule has 1 saturated heterocycles. The molecule has 214 valence electrons. The van der Waals surface area contributed by atoms with Gasteiger partial charge in [-0.3, -0.25) is 14.5 Å². The molecule has 0 aromatic heterocycles. The van der Waals surface area contributed by atoms with Crippen LogP contribution >= 0.6 is 11.6 Å². The van der Waals surface area contributed by atoms with Crippen molar-refractivity contribution in [3.05, 3.63) is 70.0 Å². The number of rotatable bonds is 9. The van der Waals surface area contributed by atoms with Gasteiger partial charge in [-0.2, -0.15) is 0 Å². The van der Waals surface area contributed by atoms with Crippen LogP contribution in [0.3, 0.4) is 0 Å². The number of esters is 1. The molecule has 6 nitrogen and oxygen atoms in total. The first-order valence-corrected chi connectivity index (χ1v) is 14.0. The van der Waals surface area contributed by atoms with E-state index in [-0.39, 0.29) is 29.2 Å². The molecule has 39 heavy (non-hydrogen) atoms. The quantitative estimate of drug-likeness (QED) is 0.324. The average molecular weight is 560 g/mol. The standard InChI is InChI=1S/C31H43ClFN3O3/c1-20-8-10-21(11-9-20)16-27(29(38)39-31(5,6)7)34-14-15-35-28(37)25-19-36(30(2,3)4)18-24(25)23-13-12-22(32)17-26(23)33/h8-13,17,24-25,27,34H,14-16,18-19H2,1-7H3,(H,35,37)/t24-,25+,27-/m0/s1. The fourth-order valence-corrected chi connectivity index (χ4v) is 5.03.